The molecule has 0 spiro atoms. The third-order valence-electron chi connectivity index (χ3n) is 1.75. The number of aliphatic imine (C=N–C) groups is 1. The van der Waals surface area contributed by atoms with Gasteiger partial charge in [0, 0.05) is 0 Å². The molecule has 0 saturated heterocycles. The average Bonchev–Trinajstić information content (AvgIpc) is 2.31. The van der Waals surface area contributed by atoms with Gasteiger partial charge in [0.25, 0.3) is 0 Å². The first-order chi connectivity index (χ1) is 7.36. The van der Waals surface area contributed by atoms with Gasteiger partial charge in [0.1, 0.15) is 0 Å². The molecule has 0 amide bonds. The summed E-state index contributed by atoms with van der Waals surface area (Å²) in [4.78, 5) is 5.05. The van der Waals surface area contributed by atoms with Crippen LogP contribution in [-0.4, -0.2) is 36.8 Å². The van der Waals surface area contributed by atoms with E-state index in [2.05, 4.69) is 4.99 Å². The van der Waals surface area contributed by atoms with Gasteiger partial charge in [0.15, 0.2) is 0 Å². The van der Waals surface area contributed by atoms with Gasteiger partial charge in [0.2, 0.25) is 0 Å². The van der Waals surface area contributed by atoms with E-state index >= 15 is 0 Å². The molecule has 0 radical (unpaired) electrons. The van der Waals surface area contributed by atoms with Crippen molar-refractivity contribution in [3.05, 3.63) is 30.3 Å². The molecule has 0 aliphatic carbocycles. The van der Waals surface area contributed by atoms with Crippen LogP contribution in [-0.2, 0) is 4.70 Å². The molecule has 0 aliphatic rings. The van der Waals surface area contributed by atoms with E-state index in [1.54, 1.807) is 11.8 Å². The van der Waals surface area contributed by atoms with E-state index < -0.39 is 0 Å². The van der Waals surface area contributed by atoms with E-state index in [0.717, 1.165) is 4.90 Å². The minimum absolute atomic E-state index is 0.0375. The Hall–Kier alpha value is -0.935. The van der Waals surface area contributed by atoms with Crippen molar-refractivity contribution in [2.45, 2.75) is 10.9 Å². The molecule has 5 heteroatoms. The van der Waals surface area contributed by atoms with Crippen LogP contribution >= 0.6 is 11.8 Å². The second kappa shape index (κ2) is 7.37. The van der Waals surface area contributed by atoms with E-state index in [1.807, 2.05) is 30.3 Å². The Morgan fingerprint density at radius 3 is 2.80 bits per heavy atom. The molecule has 0 heterocycles. The molecule has 1 aromatic rings. The van der Waals surface area contributed by atoms with Gasteiger partial charge >= 0.3 is 93.5 Å². The molecule has 0 aromatic heterocycles. The van der Waals surface area contributed by atoms with Crippen molar-refractivity contribution in [1.29, 1.82) is 0 Å². The van der Waals surface area contributed by atoms with Crippen LogP contribution in [0.2, 0.25) is 0 Å². The van der Waals surface area contributed by atoms with Gasteiger partial charge in [-0.25, -0.2) is 0 Å². The second-order valence-corrected chi connectivity index (χ2v) is 3.99. The summed E-state index contributed by atoms with van der Waals surface area (Å²) in [5.41, 5.74) is 0. The Kier molecular flexibility index (Phi) is 5.96. The summed E-state index contributed by atoms with van der Waals surface area (Å²) >= 11 is 1.61. The minimum atomic E-state index is -0.208. The molecule has 1 N–H and O–H groups in total. The molecule has 15 heavy (non-hydrogen) atoms. The number of nitrogens with zero attached hydrogens (tertiary/aromatic N) is 1. The molecule has 0 fully saturated rings. The van der Waals surface area contributed by atoms with Gasteiger partial charge in [-0.15, -0.1) is 0 Å². The van der Waals surface area contributed by atoms with Crippen molar-refractivity contribution < 1.29 is 9.81 Å². The number of aliphatic hydroxyl groups excluding tert-OH is 1. The van der Waals surface area contributed by atoms with Crippen LogP contribution in [0.3, 0.4) is 0 Å². The summed E-state index contributed by atoms with van der Waals surface area (Å²) in [6.07, 6.45) is 1.19. The number of benzene rings is 1. The standard InChI is InChI=1S/C10H12BNO2S/c13-6-9(12-8-11-14)7-15-10-4-2-1-3-5-10/h1-5,8-9,13H,6-7H2/b12-8+/t9-/m1/s1. The number of rotatable bonds is 6. The van der Waals surface area contributed by atoms with Crippen LogP contribution in [0.4, 0.5) is 0 Å². The zero-order chi connectivity index (χ0) is 10.9. The van der Waals surface area contributed by atoms with Gasteiger partial charge < -0.3 is 0 Å². The van der Waals surface area contributed by atoms with Crippen LogP contribution in [0.15, 0.2) is 40.2 Å². The van der Waals surface area contributed by atoms with E-state index in [1.165, 1.54) is 6.11 Å². The predicted octanol–water partition coefficient (Wildman–Crippen LogP) is 1.22. The molecule has 0 bridgehead atoms. The molecule has 0 saturated carbocycles. The monoisotopic (exact) mass is 221 g/mol. The maximum atomic E-state index is 10.1. The first-order valence-corrected chi connectivity index (χ1v) is 5.61. The number of hydrogen-bond acceptors (Lipinski definition) is 4. The van der Waals surface area contributed by atoms with Crippen molar-refractivity contribution in [1.82, 2.24) is 0 Å². The number of hydrogen-bond donors (Lipinski definition) is 1. The number of aliphatic hydroxyl groups is 1. The molecule has 0 aliphatic heterocycles. The van der Waals surface area contributed by atoms with E-state index in [9.17, 15) is 4.70 Å². The molecular weight excluding hydrogens is 209 g/mol. The van der Waals surface area contributed by atoms with E-state index in [4.69, 9.17) is 5.11 Å². The summed E-state index contributed by atoms with van der Waals surface area (Å²) in [5.74, 6) is 0.671. The first kappa shape index (κ1) is 12.1. The Bertz CT molecular complexity index is 318. The third kappa shape index (κ3) is 4.90. The zero-order valence-corrected chi connectivity index (χ0v) is 9.06. The van der Waals surface area contributed by atoms with Crippen molar-refractivity contribution in [3.63, 3.8) is 0 Å². The molecule has 1 atom stereocenters. The molecular formula is C10H12BNO2S. The SMILES string of the molecule is O=B/C=N/[C@H](CO)CSc1ccccc1. The molecule has 78 valence electrons. The van der Waals surface area contributed by atoms with Crippen LogP contribution in [0, 0.1) is 0 Å². The summed E-state index contributed by atoms with van der Waals surface area (Å²) in [7, 11) is 0.621. The second-order valence-electron chi connectivity index (χ2n) is 2.89. The van der Waals surface area contributed by atoms with E-state index in [0.29, 0.717) is 12.9 Å². The van der Waals surface area contributed by atoms with Gasteiger partial charge in [-0.05, 0) is 0 Å². The van der Waals surface area contributed by atoms with Crippen LogP contribution in [0.1, 0.15) is 0 Å². The Balaban J connectivity index is 2.41. The summed E-state index contributed by atoms with van der Waals surface area (Å²) in [6.45, 7) is -0.0375. The van der Waals surface area contributed by atoms with Gasteiger partial charge in [-0.2, -0.15) is 0 Å². The van der Waals surface area contributed by atoms with Crippen LogP contribution in [0.5, 0.6) is 0 Å². The fraction of sp³-hybridized carbons (Fsp3) is 0.300. The summed E-state index contributed by atoms with van der Waals surface area (Å²) in [5, 5.41) is 8.99. The van der Waals surface area contributed by atoms with Gasteiger partial charge in [-0.1, -0.05) is 0 Å². The van der Waals surface area contributed by atoms with Crippen molar-refractivity contribution in [2.24, 2.45) is 4.99 Å². The topological polar surface area (TPSA) is 49.7 Å². The predicted molar refractivity (Wildman–Crippen MR) is 63.0 cm³/mol. The Labute approximate surface area is 93.9 Å². The number of thioether (sulfide) groups is 1. The average molecular weight is 221 g/mol. The molecule has 1 aromatic carbocycles. The molecule has 0 unspecified atom stereocenters. The van der Waals surface area contributed by atoms with Crippen LogP contribution in [0.25, 0.3) is 0 Å². The molecule has 1 rings (SSSR count). The van der Waals surface area contributed by atoms with Crippen molar-refractivity contribution in [2.75, 3.05) is 12.4 Å². The quantitative estimate of drug-likeness (QED) is 0.446. The van der Waals surface area contributed by atoms with E-state index in [-0.39, 0.29) is 12.6 Å². The van der Waals surface area contributed by atoms with Crippen molar-refractivity contribution in [3.8, 4) is 0 Å². The Morgan fingerprint density at radius 2 is 2.20 bits per heavy atom. The van der Waals surface area contributed by atoms with Crippen LogP contribution < -0.4 is 0 Å². The fourth-order valence-electron chi connectivity index (χ4n) is 1.01. The normalized spacial score (nSPS) is 12.6. The first-order valence-electron chi connectivity index (χ1n) is 4.62. The zero-order valence-electron chi connectivity index (χ0n) is 8.24. The fourth-order valence-corrected chi connectivity index (χ4v) is 1.93. The van der Waals surface area contributed by atoms with Gasteiger partial charge in [0.05, 0.1) is 0 Å². The van der Waals surface area contributed by atoms with Crippen molar-refractivity contribution >= 4 is 25.0 Å². The maximum absolute atomic E-state index is 10.1. The molecule has 3 nitrogen and oxygen atoms in total. The summed E-state index contributed by atoms with van der Waals surface area (Å²) < 4.78 is 10.1. The Morgan fingerprint density at radius 1 is 1.47 bits per heavy atom. The third-order valence-corrected chi connectivity index (χ3v) is 2.91. The summed E-state index contributed by atoms with van der Waals surface area (Å²) in [6, 6.07) is 9.68. The van der Waals surface area contributed by atoms with Gasteiger partial charge in [-0.3, -0.25) is 0 Å².